The molecule has 4 N–H and O–H groups in total. The van der Waals surface area contributed by atoms with Gasteiger partial charge in [0.2, 0.25) is 0 Å². The highest BCUT2D eigenvalue weighted by Crippen LogP contribution is 2.31. The van der Waals surface area contributed by atoms with Crippen LogP contribution in [0.4, 0.5) is 18.9 Å². The van der Waals surface area contributed by atoms with E-state index in [0.29, 0.717) is 5.56 Å². The summed E-state index contributed by atoms with van der Waals surface area (Å²) in [7, 11) is 1.15. The Balaban J connectivity index is 2.41. The van der Waals surface area contributed by atoms with Crippen molar-refractivity contribution in [3.63, 3.8) is 0 Å². The summed E-state index contributed by atoms with van der Waals surface area (Å²) in [6.45, 7) is 1.48. The van der Waals surface area contributed by atoms with E-state index in [1.165, 1.54) is 43.3 Å². The quantitative estimate of drug-likeness (QED) is 0.494. The van der Waals surface area contributed by atoms with E-state index in [-0.39, 0.29) is 22.5 Å². The Morgan fingerprint density at radius 3 is 2.28 bits per heavy atom. The summed E-state index contributed by atoms with van der Waals surface area (Å²) in [5.74, 6) is -1.88. The summed E-state index contributed by atoms with van der Waals surface area (Å²) in [6, 6.07) is 9.07. The van der Waals surface area contributed by atoms with Crippen molar-refractivity contribution >= 4 is 17.6 Å². The van der Waals surface area contributed by atoms with Crippen LogP contribution in [0.3, 0.4) is 0 Å². The molecule has 0 bridgehead atoms. The molecule has 0 spiro atoms. The summed E-state index contributed by atoms with van der Waals surface area (Å²) < 4.78 is 43.5. The van der Waals surface area contributed by atoms with E-state index in [0.717, 1.165) is 19.2 Å². The number of nitrogens with two attached hydrogens (primary N) is 1. The van der Waals surface area contributed by atoms with Crippen LogP contribution in [0, 0.1) is 0 Å². The van der Waals surface area contributed by atoms with Gasteiger partial charge >= 0.3 is 18.1 Å². The Morgan fingerprint density at radius 2 is 1.76 bits per heavy atom. The van der Waals surface area contributed by atoms with Gasteiger partial charge in [-0.2, -0.15) is 13.2 Å². The lowest BCUT2D eigenvalue weighted by atomic mass is 9.96. The third-order valence-electron chi connectivity index (χ3n) is 4.16. The molecule has 0 saturated carbocycles. The lowest BCUT2D eigenvalue weighted by Gasteiger charge is -2.19. The molecule has 1 atom stereocenters. The predicted molar refractivity (Wildman–Crippen MR) is 100 cm³/mol. The Kier molecular flexibility index (Phi) is 6.65. The molecule has 1 unspecified atom stereocenters. The number of aromatic carboxylic acids is 1. The van der Waals surface area contributed by atoms with Gasteiger partial charge in [0.15, 0.2) is 0 Å². The molecule has 0 heterocycles. The molecule has 154 valence electrons. The molecule has 0 aliphatic heterocycles. The highest BCUT2D eigenvalue weighted by Gasteiger charge is 2.30. The third kappa shape index (κ3) is 5.35. The standard InChI is InChI=1S/C20H19F3N2O4/c1-11(25-15-5-3-4-14(10-15)20(21,22)23)16(19(28)29-2)17(24)12-6-8-13(9-7-12)18(26)27/h3-10,17,25H,24H2,1-2H3,(H,26,27)/b16-11+. The second kappa shape index (κ2) is 8.78. The minimum atomic E-state index is -4.51. The van der Waals surface area contributed by atoms with Gasteiger partial charge in [-0.25, -0.2) is 9.59 Å². The first-order valence-electron chi connectivity index (χ1n) is 8.36. The molecule has 29 heavy (non-hydrogen) atoms. The van der Waals surface area contributed by atoms with Gasteiger partial charge in [-0.1, -0.05) is 18.2 Å². The highest BCUT2D eigenvalue weighted by atomic mass is 19.4. The fourth-order valence-electron chi connectivity index (χ4n) is 2.68. The third-order valence-corrected chi connectivity index (χ3v) is 4.16. The zero-order valence-corrected chi connectivity index (χ0v) is 15.6. The van der Waals surface area contributed by atoms with E-state index in [1.54, 1.807) is 0 Å². The molecular formula is C20H19F3N2O4. The first kappa shape index (κ1) is 22.0. The van der Waals surface area contributed by atoms with Crippen LogP contribution < -0.4 is 11.1 Å². The van der Waals surface area contributed by atoms with E-state index in [9.17, 15) is 22.8 Å². The molecule has 0 amide bonds. The number of hydrogen-bond donors (Lipinski definition) is 3. The Morgan fingerprint density at radius 1 is 1.14 bits per heavy atom. The largest absolute Gasteiger partial charge is 0.478 e. The molecule has 6 nitrogen and oxygen atoms in total. The number of carbonyl (C=O) groups excluding carboxylic acids is 1. The van der Waals surface area contributed by atoms with E-state index in [1.807, 2.05) is 0 Å². The van der Waals surface area contributed by atoms with Crippen LogP contribution >= 0.6 is 0 Å². The van der Waals surface area contributed by atoms with E-state index >= 15 is 0 Å². The van der Waals surface area contributed by atoms with Gasteiger partial charge in [-0.3, -0.25) is 0 Å². The number of carboxylic acids is 1. The van der Waals surface area contributed by atoms with Crippen LogP contribution in [0.1, 0.15) is 34.5 Å². The van der Waals surface area contributed by atoms with Gasteiger partial charge in [0.25, 0.3) is 0 Å². The molecular weight excluding hydrogens is 389 g/mol. The number of nitrogens with one attached hydrogen (secondary N) is 1. The van der Waals surface area contributed by atoms with Crippen molar-refractivity contribution in [2.45, 2.75) is 19.1 Å². The number of ether oxygens (including phenoxy) is 1. The molecule has 2 aromatic carbocycles. The number of allylic oxidation sites excluding steroid dienone is 1. The predicted octanol–water partition coefficient (Wildman–Crippen LogP) is 3.96. The van der Waals surface area contributed by atoms with Crippen molar-refractivity contribution in [3.8, 4) is 0 Å². The summed E-state index contributed by atoms with van der Waals surface area (Å²) in [5, 5.41) is 11.7. The molecule has 0 aliphatic rings. The normalized spacial score (nSPS) is 13.3. The zero-order valence-electron chi connectivity index (χ0n) is 15.6. The smallest absolute Gasteiger partial charge is 0.416 e. The molecule has 0 aliphatic carbocycles. The number of esters is 1. The van der Waals surface area contributed by atoms with Gasteiger partial charge in [0.1, 0.15) is 0 Å². The minimum Gasteiger partial charge on any atom is -0.478 e. The summed E-state index contributed by atoms with van der Waals surface area (Å²) in [4.78, 5) is 23.3. The number of rotatable bonds is 6. The molecule has 2 rings (SSSR count). The number of carboxylic acid groups (broad SMARTS) is 1. The summed E-state index contributed by atoms with van der Waals surface area (Å²) in [6.07, 6.45) is -4.51. The number of carbonyl (C=O) groups is 2. The van der Waals surface area contributed by atoms with E-state index < -0.39 is 29.7 Å². The van der Waals surface area contributed by atoms with Gasteiger partial charge < -0.3 is 20.9 Å². The topological polar surface area (TPSA) is 102 Å². The van der Waals surface area contributed by atoms with Gasteiger partial charge in [0, 0.05) is 11.4 Å². The van der Waals surface area contributed by atoms with Crippen LogP contribution in [0.15, 0.2) is 59.8 Å². The monoisotopic (exact) mass is 408 g/mol. The molecule has 0 radical (unpaired) electrons. The molecule has 0 saturated heterocycles. The Labute approximate surface area is 164 Å². The summed E-state index contributed by atoms with van der Waals surface area (Å²) >= 11 is 0. The Hall–Kier alpha value is -3.33. The number of alkyl halides is 3. The van der Waals surface area contributed by atoms with Crippen LogP contribution in [-0.4, -0.2) is 24.2 Å². The number of hydrogen-bond acceptors (Lipinski definition) is 5. The van der Waals surface area contributed by atoms with E-state index in [2.05, 4.69) is 5.32 Å². The van der Waals surface area contributed by atoms with Gasteiger partial charge in [-0.15, -0.1) is 0 Å². The lowest BCUT2D eigenvalue weighted by Crippen LogP contribution is -2.23. The number of benzene rings is 2. The fraction of sp³-hybridized carbons (Fsp3) is 0.200. The van der Waals surface area contributed by atoms with Crippen molar-refractivity contribution in [1.82, 2.24) is 0 Å². The van der Waals surface area contributed by atoms with Crippen molar-refractivity contribution in [1.29, 1.82) is 0 Å². The maximum absolute atomic E-state index is 12.9. The van der Waals surface area contributed by atoms with Gasteiger partial charge in [0.05, 0.1) is 29.9 Å². The second-order valence-electron chi connectivity index (χ2n) is 6.14. The van der Waals surface area contributed by atoms with Crippen molar-refractivity contribution in [2.24, 2.45) is 5.73 Å². The molecule has 0 aromatic heterocycles. The van der Waals surface area contributed by atoms with Crippen LogP contribution in [0.5, 0.6) is 0 Å². The maximum Gasteiger partial charge on any atom is 0.416 e. The van der Waals surface area contributed by atoms with Crippen LogP contribution in [0.25, 0.3) is 0 Å². The van der Waals surface area contributed by atoms with E-state index in [4.69, 9.17) is 15.6 Å². The van der Waals surface area contributed by atoms with Gasteiger partial charge in [-0.05, 0) is 42.8 Å². The van der Waals surface area contributed by atoms with Crippen molar-refractivity contribution in [2.75, 3.05) is 12.4 Å². The fourth-order valence-corrected chi connectivity index (χ4v) is 2.68. The summed E-state index contributed by atoms with van der Waals surface area (Å²) in [5.41, 5.74) is 6.11. The highest BCUT2D eigenvalue weighted by molar-refractivity contribution is 5.92. The van der Waals surface area contributed by atoms with Crippen LogP contribution in [-0.2, 0) is 15.7 Å². The average Bonchev–Trinajstić information content (AvgIpc) is 2.67. The molecule has 0 fully saturated rings. The second-order valence-corrected chi connectivity index (χ2v) is 6.14. The molecule has 2 aromatic rings. The SMILES string of the molecule is COC(=O)/C(=C(\C)Nc1cccc(C(F)(F)F)c1)C(N)c1ccc(C(=O)O)cc1. The number of halogens is 3. The average molecular weight is 408 g/mol. The number of anilines is 1. The number of methoxy groups -OCH3 is 1. The first-order chi connectivity index (χ1) is 13.5. The van der Waals surface area contributed by atoms with Crippen LogP contribution in [0.2, 0.25) is 0 Å². The molecule has 9 heteroatoms. The maximum atomic E-state index is 12.9. The minimum absolute atomic E-state index is 0.00649. The zero-order chi connectivity index (χ0) is 21.8. The van der Waals surface area contributed by atoms with Crippen molar-refractivity contribution in [3.05, 3.63) is 76.5 Å². The Bertz CT molecular complexity index is 937. The lowest BCUT2D eigenvalue weighted by molar-refractivity contribution is -0.138. The van der Waals surface area contributed by atoms with Crippen molar-refractivity contribution < 1.29 is 32.6 Å². The first-order valence-corrected chi connectivity index (χ1v) is 8.36.